The first-order valence-corrected chi connectivity index (χ1v) is 9.06. The first-order chi connectivity index (χ1) is 11.7. The van der Waals surface area contributed by atoms with E-state index < -0.39 is 0 Å². The van der Waals surface area contributed by atoms with Crippen LogP contribution < -0.4 is 15.5 Å². The third-order valence-electron chi connectivity index (χ3n) is 4.94. The van der Waals surface area contributed by atoms with E-state index in [1.54, 1.807) is 13.2 Å². The summed E-state index contributed by atoms with van der Waals surface area (Å²) in [7, 11) is 1.78. The van der Waals surface area contributed by atoms with E-state index in [1.807, 2.05) is 12.1 Å². The number of halogens is 2. The smallest absolute Gasteiger partial charge is 0.191 e. The summed E-state index contributed by atoms with van der Waals surface area (Å²) >= 11 is 6.24. The average Bonchev–Trinajstić information content (AvgIpc) is 3.21. The molecule has 3 N–H and O–H groups in total. The van der Waals surface area contributed by atoms with Crippen molar-refractivity contribution in [2.24, 2.45) is 10.9 Å². The largest absolute Gasteiger partial charge is 0.393 e. The lowest BCUT2D eigenvalue weighted by Gasteiger charge is -2.21. The molecule has 0 bridgehead atoms. The van der Waals surface area contributed by atoms with Gasteiger partial charge >= 0.3 is 0 Å². The van der Waals surface area contributed by atoms with Gasteiger partial charge in [-0.25, -0.2) is 4.98 Å². The maximum Gasteiger partial charge on any atom is 0.191 e. The molecular weight excluding hydrogens is 453 g/mol. The number of nitrogens with one attached hydrogen (secondary N) is 2. The monoisotopic (exact) mass is 479 g/mol. The summed E-state index contributed by atoms with van der Waals surface area (Å²) in [6.07, 6.45) is 5.72. The van der Waals surface area contributed by atoms with Crippen LogP contribution in [0.15, 0.2) is 23.3 Å². The van der Waals surface area contributed by atoms with Gasteiger partial charge in [0.1, 0.15) is 5.82 Å². The van der Waals surface area contributed by atoms with Crippen LogP contribution in [0, 0.1) is 5.92 Å². The van der Waals surface area contributed by atoms with Crippen LogP contribution in [0.25, 0.3) is 0 Å². The summed E-state index contributed by atoms with van der Waals surface area (Å²) in [5.74, 6) is 1.98. The number of aliphatic hydroxyl groups excluding tert-OH is 1. The highest BCUT2D eigenvalue weighted by Gasteiger charge is 2.27. The molecule has 1 aliphatic heterocycles. The number of anilines is 1. The van der Waals surface area contributed by atoms with Crippen molar-refractivity contribution in [3.8, 4) is 0 Å². The van der Waals surface area contributed by atoms with E-state index in [-0.39, 0.29) is 30.1 Å². The number of nitrogens with zero attached hydrogens (tertiary/aromatic N) is 3. The molecule has 3 atom stereocenters. The second kappa shape index (κ2) is 9.78. The van der Waals surface area contributed by atoms with Crippen molar-refractivity contribution in [3.63, 3.8) is 0 Å². The Morgan fingerprint density at radius 2 is 2.28 bits per heavy atom. The van der Waals surface area contributed by atoms with Gasteiger partial charge in [-0.2, -0.15) is 0 Å². The van der Waals surface area contributed by atoms with Crippen LogP contribution in [0.1, 0.15) is 25.7 Å². The summed E-state index contributed by atoms with van der Waals surface area (Å²) in [5, 5.41) is 17.4. The molecule has 8 heteroatoms. The molecular formula is C17H27ClIN5O. The number of aliphatic imine (C=N–C) groups is 1. The highest BCUT2D eigenvalue weighted by Crippen LogP contribution is 2.26. The lowest BCUT2D eigenvalue weighted by molar-refractivity contribution is 0.134. The molecule has 2 aliphatic rings. The molecule has 3 rings (SSSR count). The van der Waals surface area contributed by atoms with Gasteiger partial charge in [0.25, 0.3) is 0 Å². The molecule has 0 spiro atoms. The van der Waals surface area contributed by atoms with E-state index in [9.17, 15) is 5.11 Å². The minimum Gasteiger partial charge on any atom is -0.393 e. The Bertz CT molecular complexity index is 588. The fourth-order valence-corrected chi connectivity index (χ4v) is 3.79. The topological polar surface area (TPSA) is 72.8 Å². The van der Waals surface area contributed by atoms with E-state index in [1.165, 1.54) is 0 Å². The molecule has 6 nitrogen and oxygen atoms in total. The first kappa shape index (κ1) is 20.5. The maximum absolute atomic E-state index is 9.92. The number of pyridine rings is 1. The molecule has 3 unspecified atom stereocenters. The number of aliphatic hydroxyl groups is 1. The zero-order valence-corrected chi connectivity index (χ0v) is 17.6. The van der Waals surface area contributed by atoms with Crippen molar-refractivity contribution >= 4 is 47.4 Å². The predicted molar refractivity (Wildman–Crippen MR) is 113 cm³/mol. The van der Waals surface area contributed by atoms with Gasteiger partial charge in [-0.3, -0.25) is 4.99 Å². The van der Waals surface area contributed by atoms with Crippen molar-refractivity contribution in [1.82, 2.24) is 15.6 Å². The molecule has 1 saturated heterocycles. The Kier molecular flexibility index (Phi) is 8.02. The fraction of sp³-hybridized carbons (Fsp3) is 0.647. The lowest BCUT2D eigenvalue weighted by atomic mass is 10.1. The molecule has 25 heavy (non-hydrogen) atoms. The summed E-state index contributed by atoms with van der Waals surface area (Å²) in [6.45, 7) is 2.54. The Morgan fingerprint density at radius 3 is 2.96 bits per heavy atom. The zero-order chi connectivity index (χ0) is 16.9. The molecule has 1 aliphatic carbocycles. The van der Waals surface area contributed by atoms with Crippen LogP contribution in [-0.2, 0) is 0 Å². The Hall–Kier alpha value is -0.800. The van der Waals surface area contributed by atoms with E-state index >= 15 is 0 Å². The molecule has 1 aromatic rings. The molecule has 0 aromatic carbocycles. The summed E-state index contributed by atoms with van der Waals surface area (Å²) in [4.78, 5) is 10.9. The summed E-state index contributed by atoms with van der Waals surface area (Å²) in [5.41, 5.74) is 0. The second-order valence-electron chi connectivity index (χ2n) is 6.60. The lowest BCUT2D eigenvalue weighted by Crippen LogP contribution is -2.46. The Morgan fingerprint density at radius 1 is 1.44 bits per heavy atom. The van der Waals surface area contributed by atoms with Gasteiger partial charge in [0.2, 0.25) is 0 Å². The van der Waals surface area contributed by atoms with Gasteiger partial charge < -0.3 is 20.6 Å². The minimum atomic E-state index is -0.177. The normalized spacial score (nSPS) is 26.4. The van der Waals surface area contributed by atoms with E-state index in [4.69, 9.17) is 11.6 Å². The molecule has 2 fully saturated rings. The van der Waals surface area contributed by atoms with Gasteiger partial charge in [-0.15, -0.1) is 24.0 Å². The maximum atomic E-state index is 9.92. The van der Waals surface area contributed by atoms with Gasteiger partial charge in [0.15, 0.2) is 5.96 Å². The number of hydrogen-bond acceptors (Lipinski definition) is 4. The SMILES string of the molecule is CN=C(NCC1CCCC1O)NC1CCN(c2ncccc2Cl)C1.I. The van der Waals surface area contributed by atoms with Crippen molar-refractivity contribution in [2.45, 2.75) is 37.8 Å². The van der Waals surface area contributed by atoms with Crippen molar-refractivity contribution in [1.29, 1.82) is 0 Å². The molecule has 1 saturated carbocycles. The number of hydrogen-bond donors (Lipinski definition) is 3. The molecule has 2 heterocycles. The second-order valence-corrected chi connectivity index (χ2v) is 7.00. The fourth-order valence-electron chi connectivity index (χ4n) is 3.55. The molecule has 0 amide bonds. The summed E-state index contributed by atoms with van der Waals surface area (Å²) in [6, 6.07) is 4.03. The van der Waals surface area contributed by atoms with Crippen LogP contribution in [0.4, 0.5) is 5.82 Å². The molecule has 1 aromatic heterocycles. The van der Waals surface area contributed by atoms with Crippen LogP contribution in [0.3, 0.4) is 0 Å². The third kappa shape index (κ3) is 5.34. The highest BCUT2D eigenvalue weighted by atomic mass is 127. The number of rotatable bonds is 4. The predicted octanol–water partition coefficient (Wildman–Crippen LogP) is 2.26. The molecule has 140 valence electrons. The first-order valence-electron chi connectivity index (χ1n) is 8.68. The van der Waals surface area contributed by atoms with Crippen molar-refractivity contribution < 1.29 is 5.11 Å². The Balaban J connectivity index is 0.00000225. The average molecular weight is 480 g/mol. The van der Waals surface area contributed by atoms with Gasteiger partial charge in [0, 0.05) is 44.8 Å². The quantitative estimate of drug-likeness (QED) is 0.351. The van der Waals surface area contributed by atoms with Gasteiger partial charge in [0.05, 0.1) is 11.1 Å². The highest BCUT2D eigenvalue weighted by molar-refractivity contribution is 14.0. The van der Waals surface area contributed by atoms with Crippen molar-refractivity contribution in [2.75, 3.05) is 31.6 Å². The standard InChI is InChI=1S/C17H26ClN5O.HI/c1-19-17(21-10-12-4-2-6-15(12)24)22-13-7-9-23(11-13)16-14(18)5-3-8-20-16;/h3,5,8,12-13,15,24H,2,4,6-7,9-11H2,1H3,(H2,19,21,22);1H. The minimum absolute atomic E-state index is 0. The number of guanidine groups is 1. The zero-order valence-electron chi connectivity index (χ0n) is 14.5. The van der Waals surface area contributed by atoms with E-state index in [0.717, 1.165) is 57.1 Å². The van der Waals surface area contributed by atoms with Crippen molar-refractivity contribution in [3.05, 3.63) is 23.4 Å². The van der Waals surface area contributed by atoms with Gasteiger partial charge in [-0.05, 0) is 31.4 Å². The third-order valence-corrected chi connectivity index (χ3v) is 5.24. The van der Waals surface area contributed by atoms with Crippen LogP contribution in [0.2, 0.25) is 5.02 Å². The van der Waals surface area contributed by atoms with Crippen LogP contribution in [-0.4, -0.2) is 54.9 Å². The van der Waals surface area contributed by atoms with Crippen LogP contribution in [0.5, 0.6) is 0 Å². The van der Waals surface area contributed by atoms with E-state index in [0.29, 0.717) is 17.0 Å². The van der Waals surface area contributed by atoms with Crippen LogP contribution >= 0.6 is 35.6 Å². The summed E-state index contributed by atoms with van der Waals surface area (Å²) < 4.78 is 0. The Labute approximate surface area is 171 Å². The van der Waals surface area contributed by atoms with Gasteiger partial charge in [-0.1, -0.05) is 18.0 Å². The molecule has 0 radical (unpaired) electrons. The number of aromatic nitrogens is 1. The van der Waals surface area contributed by atoms with E-state index in [2.05, 4.69) is 25.5 Å².